The summed E-state index contributed by atoms with van der Waals surface area (Å²) in [4.78, 5) is 15.6. The van der Waals surface area contributed by atoms with Gasteiger partial charge in [0, 0.05) is 5.56 Å². The van der Waals surface area contributed by atoms with Crippen molar-refractivity contribution >= 4 is 11.9 Å². The molecule has 0 amide bonds. The molecular formula is C12H11NO2. The topological polar surface area (TPSA) is 38.7 Å². The molecule has 76 valence electrons. The molecule has 1 atom stereocenters. The average Bonchev–Trinajstić information content (AvgIpc) is 2.63. The molecular weight excluding hydrogens is 190 g/mol. The number of carbonyl (C=O) groups excluding carboxylic acids is 1. The van der Waals surface area contributed by atoms with Crippen molar-refractivity contribution in [3.8, 4) is 0 Å². The first-order chi connectivity index (χ1) is 7.31. The highest BCUT2D eigenvalue weighted by molar-refractivity contribution is 6.06. The number of cyclic esters (lactones) is 1. The van der Waals surface area contributed by atoms with Crippen molar-refractivity contribution < 1.29 is 9.53 Å². The minimum Gasteiger partial charge on any atom is -0.406 e. The standard InChI is InChI=1S/C12H11NO2/c1-2-6-10-12(14)15-11(13-10)9-7-4-3-5-8-9/h2-5,7-8,10H,1,6H2/t10-/m0/s1. The number of ether oxygens (including phenoxy) is 1. The van der Waals surface area contributed by atoms with Crippen molar-refractivity contribution in [3.63, 3.8) is 0 Å². The highest BCUT2D eigenvalue weighted by Crippen LogP contribution is 2.15. The monoisotopic (exact) mass is 201 g/mol. The summed E-state index contributed by atoms with van der Waals surface area (Å²) >= 11 is 0. The van der Waals surface area contributed by atoms with Gasteiger partial charge in [-0.3, -0.25) is 0 Å². The van der Waals surface area contributed by atoms with Gasteiger partial charge in [-0.25, -0.2) is 9.79 Å². The van der Waals surface area contributed by atoms with Gasteiger partial charge in [0.2, 0.25) is 5.90 Å². The van der Waals surface area contributed by atoms with Crippen molar-refractivity contribution in [2.45, 2.75) is 12.5 Å². The van der Waals surface area contributed by atoms with E-state index >= 15 is 0 Å². The Balaban J connectivity index is 2.22. The average molecular weight is 201 g/mol. The second-order valence-corrected chi connectivity index (χ2v) is 3.26. The quantitative estimate of drug-likeness (QED) is 0.553. The molecule has 0 N–H and O–H groups in total. The van der Waals surface area contributed by atoms with Crippen LogP contribution in [0.5, 0.6) is 0 Å². The first-order valence-corrected chi connectivity index (χ1v) is 4.77. The first kappa shape index (κ1) is 9.65. The van der Waals surface area contributed by atoms with E-state index in [2.05, 4.69) is 11.6 Å². The van der Waals surface area contributed by atoms with Crippen molar-refractivity contribution in [1.29, 1.82) is 0 Å². The third kappa shape index (κ3) is 1.96. The molecule has 15 heavy (non-hydrogen) atoms. The molecule has 3 heteroatoms. The van der Waals surface area contributed by atoms with Crippen LogP contribution < -0.4 is 0 Å². The minimum absolute atomic E-state index is 0.297. The Labute approximate surface area is 88.1 Å². The highest BCUT2D eigenvalue weighted by atomic mass is 16.6. The predicted octanol–water partition coefficient (Wildman–Crippen LogP) is 1.93. The molecule has 3 nitrogen and oxygen atoms in total. The van der Waals surface area contributed by atoms with Crippen LogP contribution in [0.1, 0.15) is 12.0 Å². The number of rotatable bonds is 3. The Kier molecular flexibility index (Phi) is 2.63. The molecule has 1 aliphatic heterocycles. The molecule has 1 heterocycles. The van der Waals surface area contributed by atoms with E-state index in [0.717, 1.165) is 5.56 Å². The van der Waals surface area contributed by atoms with Gasteiger partial charge in [0.25, 0.3) is 0 Å². The summed E-state index contributed by atoms with van der Waals surface area (Å²) in [5, 5.41) is 0. The van der Waals surface area contributed by atoms with Crippen LogP contribution in [0.25, 0.3) is 0 Å². The van der Waals surface area contributed by atoms with E-state index in [0.29, 0.717) is 12.3 Å². The summed E-state index contributed by atoms with van der Waals surface area (Å²) in [5.41, 5.74) is 0.831. The van der Waals surface area contributed by atoms with E-state index in [-0.39, 0.29) is 5.97 Å². The lowest BCUT2D eigenvalue weighted by Gasteiger charge is -1.97. The summed E-state index contributed by atoms with van der Waals surface area (Å²) in [6, 6.07) is 8.98. The SMILES string of the molecule is C=CC[C@@H]1N=C(c2ccccc2)OC1=O. The lowest BCUT2D eigenvalue weighted by atomic mass is 10.2. The number of benzene rings is 1. The fraction of sp³-hybridized carbons (Fsp3) is 0.167. The molecule has 0 spiro atoms. The zero-order valence-electron chi connectivity index (χ0n) is 8.22. The summed E-state index contributed by atoms with van der Waals surface area (Å²) in [6.07, 6.45) is 2.19. The highest BCUT2D eigenvalue weighted by Gasteiger charge is 2.28. The Bertz CT molecular complexity index is 409. The van der Waals surface area contributed by atoms with Gasteiger partial charge in [0.1, 0.15) is 0 Å². The molecule has 0 aromatic heterocycles. The maximum absolute atomic E-state index is 11.4. The van der Waals surface area contributed by atoms with Gasteiger partial charge in [0.05, 0.1) is 0 Å². The maximum atomic E-state index is 11.4. The Hall–Kier alpha value is -1.90. The number of nitrogens with zero attached hydrogens (tertiary/aromatic N) is 1. The smallest absolute Gasteiger partial charge is 0.338 e. The number of esters is 1. The van der Waals surface area contributed by atoms with Crippen LogP contribution in [0.15, 0.2) is 48.0 Å². The third-order valence-electron chi connectivity index (χ3n) is 2.15. The third-order valence-corrected chi connectivity index (χ3v) is 2.15. The largest absolute Gasteiger partial charge is 0.406 e. The number of carbonyl (C=O) groups is 1. The fourth-order valence-corrected chi connectivity index (χ4v) is 1.40. The molecule has 2 rings (SSSR count). The van der Waals surface area contributed by atoms with E-state index in [1.807, 2.05) is 30.3 Å². The van der Waals surface area contributed by atoms with Crippen molar-refractivity contribution in [3.05, 3.63) is 48.6 Å². The number of aliphatic imine (C=N–C) groups is 1. The van der Waals surface area contributed by atoms with Crippen molar-refractivity contribution in [1.82, 2.24) is 0 Å². The Morgan fingerprint density at radius 1 is 1.40 bits per heavy atom. The van der Waals surface area contributed by atoms with E-state index in [4.69, 9.17) is 4.74 Å². The van der Waals surface area contributed by atoms with Crippen LogP contribution >= 0.6 is 0 Å². The maximum Gasteiger partial charge on any atom is 0.338 e. The van der Waals surface area contributed by atoms with Gasteiger partial charge in [-0.1, -0.05) is 24.3 Å². The molecule has 0 fully saturated rings. The van der Waals surface area contributed by atoms with Gasteiger partial charge in [-0.15, -0.1) is 6.58 Å². The zero-order chi connectivity index (χ0) is 10.7. The summed E-state index contributed by atoms with van der Waals surface area (Å²) in [7, 11) is 0. The lowest BCUT2D eigenvalue weighted by molar-refractivity contribution is -0.134. The summed E-state index contributed by atoms with van der Waals surface area (Å²) < 4.78 is 5.08. The van der Waals surface area contributed by atoms with E-state index in [1.165, 1.54) is 0 Å². The number of hydrogen-bond acceptors (Lipinski definition) is 3. The first-order valence-electron chi connectivity index (χ1n) is 4.77. The lowest BCUT2D eigenvalue weighted by Crippen LogP contribution is -2.13. The summed E-state index contributed by atoms with van der Waals surface area (Å²) in [6.45, 7) is 3.58. The predicted molar refractivity (Wildman–Crippen MR) is 57.7 cm³/mol. The Morgan fingerprint density at radius 3 is 2.80 bits per heavy atom. The van der Waals surface area contributed by atoms with Gasteiger partial charge in [-0.05, 0) is 18.6 Å². The van der Waals surface area contributed by atoms with Crippen molar-refractivity contribution in [2.75, 3.05) is 0 Å². The molecule has 1 aromatic rings. The van der Waals surface area contributed by atoms with E-state index < -0.39 is 6.04 Å². The summed E-state index contributed by atoms with van der Waals surface area (Å²) in [5.74, 6) is 0.112. The van der Waals surface area contributed by atoms with E-state index in [1.54, 1.807) is 6.08 Å². The molecule has 0 unspecified atom stereocenters. The molecule has 0 aliphatic carbocycles. The van der Waals surface area contributed by atoms with Crippen molar-refractivity contribution in [2.24, 2.45) is 4.99 Å². The van der Waals surface area contributed by atoms with Gasteiger partial charge < -0.3 is 4.74 Å². The van der Waals surface area contributed by atoms with Crippen LogP contribution in [0.2, 0.25) is 0 Å². The molecule has 0 bridgehead atoms. The van der Waals surface area contributed by atoms with Gasteiger partial charge in [0.15, 0.2) is 6.04 Å². The van der Waals surface area contributed by atoms with E-state index in [9.17, 15) is 4.79 Å². The molecule has 1 aliphatic rings. The van der Waals surface area contributed by atoms with Crippen LogP contribution in [0, 0.1) is 0 Å². The van der Waals surface area contributed by atoms with Crippen LogP contribution in [0.4, 0.5) is 0 Å². The van der Waals surface area contributed by atoms with Crippen LogP contribution in [-0.4, -0.2) is 17.9 Å². The number of hydrogen-bond donors (Lipinski definition) is 0. The zero-order valence-corrected chi connectivity index (χ0v) is 8.22. The minimum atomic E-state index is -0.419. The molecule has 0 radical (unpaired) electrons. The molecule has 0 saturated heterocycles. The second-order valence-electron chi connectivity index (χ2n) is 3.26. The normalized spacial score (nSPS) is 19.6. The molecule has 0 saturated carbocycles. The van der Waals surface area contributed by atoms with Crippen LogP contribution in [0.3, 0.4) is 0 Å². The second kappa shape index (κ2) is 4.09. The van der Waals surface area contributed by atoms with Gasteiger partial charge >= 0.3 is 5.97 Å². The molecule has 1 aromatic carbocycles. The van der Waals surface area contributed by atoms with Crippen LogP contribution in [-0.2, 0) is 9.53 Å². The Morgan fingerprint density at radius 2 is 2.13 bits per heavy atom. The van der Waals surface area contributed by atoms with Gasteiger partial charge in [-0.2, -0.15) is 0 Å². The fourth-order valence-electron chi connectivity index (χ4n) is 1.40.